The fourth-order valence-electron chi connectivity index (χ4n) is 3.39. The quantitative estimate of drug-likeness (QED) is 0.468. The number of benzene rings is 3. The van der Waals surface area contributed by atoms with E-state index in [2.05, 4.69) is 5.32 Å². The van der Waals surface area contributed by atoms with Crippen molar-refractivity contribution in [2.24, 2.45) is 0 Å². The molecule has 7 nitrogen and oxygen atoms in total. The van der Waals surface area contributed by atoms with Gasteiger partial charge in [0.25, 0.3) is 10.0 Å². The van der Waals surface area contributed by atoms with E-state index in [4.69, 9.17) is 9.47 Å². The average molecular weight is 483 g/mol. The Bertz CT molecular complexity index is 1220. The van der Waals surface area contributed by atoms with E-state index in [0.29, 0.717) is 18.0 Å². The van der Waals surface area contributed by atoms with Crippen LogP contribution in [0.1, 0.15) is 23.6 Å². The van der Waals surface area contributed by atoms with Crippen LogP contribution in [0.4, 0.5) is 5.69 Å². The van der Waals surface area contributed by atoms with Crippen molar-refractivity contribution >= 4 is 21.6 Å². The van der Waals surface area contributed by atoms with Crippen molar-refractivity contribution in [2.75, 3.05) is 24.6 Å². The summed E-state index contributed by atoms with van der Waals surface area (Å²) in [5.41, 5.74) is 2.96. The van der Waals surface area contributed by atoms with Gasteiger partial charge in [0.05, 0.1) is 24.3 Å². The van der Waals surface area contributed by atoms with Crippen LogP contribution in [-0.2, 0) is 21.4 Å². The zero-order chi connectivity index (χ0) is 24.7. The van der Waals surface area contributed by atoms with Crippen LogP contribution in [0.25, 0.3) is 0 Å². The molecular formula is C26H30N2O5S. The van der Waals surface area contributed by atoms with Gasteiger partial charge in [-0.15, -0.1) is 0 Å². The van der Waals surface area contributed by atoms with Crippen molar-refractivity contribution in [1.82, 2.24) is 5.32 Å². The molecule has 0 aliphatic rings. The maximum Gasteiger partial charge on any atom is 0.264 e. The summed E-state index contributed by atoms with van der Waals surface area (Å²) in [4.78, 5) is 13.0. The highest BCUT2D eigenvalue weighted by atomic mass is 32.2. The molecule has 0 radical (unpaired) electrons. The van der Waals surface area contributed by atoms with Crippen LogP contribution >= 0.6 is 0 Å². The van der Waals surface area contributed by atoms with Gasteiger partial charge in [0.15, 0.2) is 0 Å². The van der Waals surface area contributed by atoms with Crippen molar-refractivity contribution in [1.29, 1.82) is 0 Å². The van der Waals surface area contributed by atoms with Gasteiger partial charge >= 0.3 is 0 Å². The summed E-state index contributed by atoms with van der Waals surface area (Å²) in [7, 11) is -2.57. The Morgan fingerprint density at radius 1 is 0.941 bits per heavy atom. The normalized spacial score (nSPS) is 11.1. The summed E-state index contributed by atoms with van der Waals surface area (Å²) in [6.45, 7) is 6.08. The minimum atomic E-state index is -4.03. The molecule has 0 fully saturated rings. The van der Waals surface area contributed by atoms with Gasteiger partial charge < -0.3 is 14.8 Å². The van der Waals surface area contributed by atoms with Gasteiger partial charge in [-0.2, -0.15) is 0 Å². The Balaban J connectivity index is 1.87. The third kappa shape index (κ3) is 6.08. The fourth-order valence-corrected chi connectivity index (χ4v) is 4.81. The Kier molecular flexibility index (Phi) is 8.17. The maximum atomic E-state index is 13.6. The number of amides is 1. The van der Waals surface area contributed by atoms with Crippen molar-refractivity contribution in [3.63, 3.8) is 0 Å². The van der Waals surface area contributed by atoms with Gasteiger partial charge in [-0.1, -0.05) is 35.9 Å². The van der Waals surface area contributed by atoms with Crippen LogP contribution in [0.15, 0.2) is 71.6 Å². The zero-order valence-corrected chi connectivity index (χ0v) is 20.7. The Hall–Kier alpha value is -3.52. The van der Waals surface area contributed by atoms with Gasteiger partial charge in [0.2, 0.25) is 5.91 Å². The molecule has 0 aliphatic heterocycles. The molecule has 0 atom stereocenters. The molecule has 8 heteroatoms. The highest BCUT2D eigenvalue weighted by Gasteiger charge is 2.29. The summed E-state index contributed by atoms with van der Waals surface area (Å²) >= 11 is 0. The Morgan fingerprint density at radius 2 is 1.59 bits per heavy atom. The molecule has 0 heterocycles. The minimum absolute atomic E-state index is 0.0981. The smallest absolute Gasteiger partial charge is 0.264 e. The van der Waals surface area contributed by atoms with Crippen molar-refractivity contribution < 1.29 is 22.7 Å². The number of hydrogen-bond acceptors (Lipinski definition) is 5. The van der Waals surface area contributed by atoms with E-state index in [1.54, 1.807) is 24.3 Å². The highest BCUT2D eigenvalue weighted by molar-refractivity contribution is 7.92. The van der Waals surface area contributed by atoms with Gasteiger partial charge in [0, 0.05) is 6.54 Å². The minimum Gasteiger partial charge on any atom is -0.495 e. The monoisotopic (exact) mass is 482 g/mol. The first-order valence-corrected chi connectivity index (χ1v) is 12.4. The lowest BCUT2D eigenvalue weighted by molar-refractivity contribution is -0.119. The summed E-state index contributed by atoms with van der Waals surface area (Å²) in [6.07, 6.45) is 0. The molecule has 34 heavy (non-hydrogen) atoms. The predicted molar refractivity (Wildman–Crippen MR) is 133 cm³/mol. The molecular weight excluding hydrogens is 452 g/mol. The van der Waals surface area contributed by atoms with Gasteiger partial charge in [0.1, 0.15) is 18.0 Å². The number of sulfonamides is 1. The maximum absolute atomic E-state index is 13.6. The van der Waals surface area contributed by atoms with E-state index in [-0.39, 0.29) is 11.4 Å². The molecule has 0 saturated carbocycles. The topological polar surface area (TPSA) is 84.9 Å². The number of carbonyl (C=O) groups is 1. The number of methoxy groups -OCH3 is 1. The van der Waals surface area contributed by atoms with Crippen LogP contribution in [0.2, 0.25) is 0 Å². The molecule has 0 unspecified atom stereocenters. The summed E-state index contributed by atoms with van der Waals surface area (Å²) < 4.78 is 39.2. The van der Waals surface area contributed by atoms with Crippen LogP contribution in [-0.4, -0.2) is 34.6 Å². The number of carbonyl (C=O) groups excluding carboxylic acids is 1. The number of nitrogens with zero attached hydrogens (tertiary/aromatic N) is 1. The van der Waals surface area contributed by atoms with Crippen molar-refractivity contribution in [3.8, 4) is 11.5 Å². The first-order valence-electron chi connectivity index (χ1n) is 11.0. The van der Waals surface area contributed by atoms with Crippen LogP contribution < -0.4 is 19.1 Å². The fraction of sp³-hybridized carbons (Fsp3) is 0.269. The zero-order valence-electron chi connectivity index (χ0n) is 19.9. The second-order valence-electron chi connectivity index (χ2n) is 7.85. The lowest BCUT2D eigenvalue weighted by atomic mass is 10.2. The van der Waals surface area contributed by atoms with Crippen LogP contribution in [0, 0.1) is 13.8 Å². The molecule has 1 amide bonds. The Morgan fingerprint density at radius 3 is 2.21 bits per heavy atom. The second-order valence-corrected chi connectivity index (χ2v) is 9.72. The lowest BCUT2D eigenvalue weighted by Gasteiger charge is -2.26. The molecule has 3 rings (SSSR count). The van der Waals surface area contributed by atoms with E-state index in [1.807, 2.05) is 51.1 Å². The summed E-state index contributed by atoms with van der Waals surface area (Å²) in [5.74, 6) is 0.674. The van der Waals surface area contributed by atoms with Gasteiger partial charge in [-0.3, -0.25) is 9.10 Å². The molecule has 3 aromatic rings. The summed E-state index contributed by atoms with van der Waals surface area (Å²) in [5, 5.41) is 2.81. The number of aryl methyl sites for hydroxylation is 2. The molecule has 0 aromatic heterocycles. The number of anilines is 1. The molecule has 1 N–H and O–H groups in total. The third-order valence-electron chi connectivity index (χ3n) is 5.22. The summed E-state index contributed by atoms with van der Waals surface area (Å²) in [6, 6.07) is 19.1. The number of nitrogens with one attached hydrogen (secondary N) is 1. The van der Waals surface area contributed by atoms with E-state index in [0.717, 1.165) is 26.7 Å². The first kappa shape index (κ1) is 25.1. The predicted octanol–water partition coefficient (Wildman–Crippen LogP) is 4.22. The average Bonchev–Trinajstić information content (AvgIpc) is 2.82. The van der Waals surface area contributed by atoms with E-state index in [9.17, 15) is 13.2 Å². The molecule has 0 spiro atoms. The first-order chi connectivity index (χ1) is 16.2. The number of hydrogen-bond donors (Lipinski definition) is 1. The number of rotatable bonds is 10. The van der Waals surface area contributed by atoms with Gasteiger partial charge in [-0.05, 0) is 68.3 Å². The van der Waals surface area contributed by atoms with Crippen LogP contribution in [0.5, 0.6) is 11.5 Å². The lowest BCUT2D eigenvalue weighted by Crippen LogP contribution is -2.41. The molecule has 180 valence electrons. The van der Waals surface area contributed by atoms with E-state index < -0.39 is 22.5 Å². The third-order valence-corrected chi connectivity index (χ3v) is 7.00. The Labute approximate surface area is 201 Å². The molecule has 0 saturated heterocycles. The second kappa shape index (κ2) is 11.1. The van der Waals surface area contributed by atoms with E-state index in [1.165, 1.54) is 19.2 Å². The van der Waals surface area contributed by atoms with Gasteiger partial charge in [-0.25, -0.2) is 8.42 Å². The molecule has 3 aromatic carbocycles. The standard InChI is InChI=1S/C26H30N2O5S/c1-5-33-22-11-9-21(10-12-22)17-27-26(29)18-28(24-16-20(3)8-15-25(24)32-4)34(30,31)23-13-6-19(2)7-14-23/h6-16H,5,17-18H2,1-4H3,(H,27,29). The SMILES string of the molecule is CCOc1ccc(CNC(=O)CN(c2cc(C)ccc2OC)S(=O)(=O)c2ccc(C)cc2)cc1. The number of ether oxygens (including phenoxy) is 2. The highest BCUT2D eigenvalue weighted by Crippen LogP contribution is 2.33. The largest absolute Gasteiger partial charge is 0.495 e. The van der Waals surface area contributed by atoms with E-state index >= 15 is 0 Å². The molecule has 0 aliphatic carbocycles. The van der Waals surface area contributed by atoms with Crippen molar-refractivity contribution in [2.45, 2.75) is 32.2 Å². The van der Waals surface area contributed by atoms with Crippen LogP contribution in [0.3, 0.4) is 0 Å². The van der Waals surface area contributed by atoms with Crippen molar-refractivity contribution in [3.05, 3.63) is 83.4 Å². The molecule has 0 bridgehead atoms.